The van der Waals surface area contributed by atoms with Crippen molar-refractivity contribution in [2.24, 2.45) is 17.6 Å². The fraction of sp³-hybridized carbons (Fsp3) is 1.00. The molecule has 2 N–H and O–H groups in total. The Hall–Kier alpha value is 0.310. The maximum absolute atomic E-state index is 5.58. The van der Waals surface area contributed by atoms with Gasteiger partial charge in [-0.2, -0.15) is 11.8 Å². The van der Waals surface area contributed by atoms with E-state index in [-0.39, 0.29) is 0 Å². The fourth-order valence-electron chi connectivity index (χ4n) is 1.66. The molecule has 0 radical (unpaired) electrons. The average Bonchev–Trinajstić information content (AvgIpc) is 2.06. The molecule has 1 aliphatic heterocycles. The van der Waals surface area contributed by atoms with Crippen LogP contribution in [0.1, 0.15) is 26.2 Å². The van der Waals surface area contributed by atoms with Crippen LogP contribution in [0.15, 0.2) is 0 Å². The predicted octanol–water partition coefficient (Wildman–Crippen LogP) is 2.11. The number of thioether (sulfide) groups is 1. The molecule has 0 aromatic rings. The Kier molecular flexibility index (Phi) is 4.31. The van der Waals surface area contributed by atoms with Gasteiger partial charge in [-0.15, -0.1) is 0 Å². The quantitative estimate of drug-likeness (QED) is 0.707. The van der Waals surface area contributed by atoms with Crippen LogP contribution in [-0.2, 0) is 0 Å². The number of hydrogen-bond donors (Lipinski definition) is 1. The van der Waals surface area contributed by atoms with Crippen molar-refractivity contribution in [3.05, 3.63) is 0 Å². The first kappa shape index (κ1) is 9.40. The third-order valence-corrected chi connectivity index (χ3v) is 3.68. The van der Waals surface area contributed by atoms with Gasteiger partial charge in [0.05, 0.1) is 0 Å². The van der Waals surface area contributed by atoms with Gasteiger partial charge in [0.1, 0.15) is 0 Å². The molecule has 0 amide bonds. The topological polar surface area (TPSA) is 26.0 Å². The molecule has 0 aromatic heterocycles. The van der Waals surface area contributed by atoms with Crippen LogP contribution >= 0.6 is 11.8 Å². The van der Waals surface area contributed by atoms with Crippen LogP contribution in [0.25, 0.3) is 0 Å². The monoisotopic (exact) mass is 173 g/mol. The van der Waals surface area contributed by atoms with Crippen molar-refractivity contribution >= 4 is 11.8 Å². The first-order chi connectivity index (χ1) is 5.33. The summed E-state index contributed by atoms with van der Waals surface area (Å²) in [7, 11) is 0. The molecule has 2 atom stereocenters. The lowest BCUT2D eigenvalue weighted by atomic mass is 9.93. The molecule has 66 valence electrons. The summed E-state index contributed by atoms with van der Waals surface area (Å²) in [6.45, 7) is 3.13. The highest BCUT2D eigenvalue weighted by Crippen LogP contribution is 2.27. The summed E-state index contributed by atoms with van der Waals surface area (Å²) in [4.78, 5) is 0. The molecule has 2 heteroatoms. The third kappa shape index (κ3) is 3.48. The van der Waals surface area contributed by atoms with E-state index >= 15 is 0 Å². The van der Waals surface area contributed by atoms with Gasteiger partial charge in [-0.25, -0.2) is 0 Å². The number of rotatable bonds is 3. The Morgan fingerprint density at radius 1 is 1.64 bits per heavy atom. The second kappa shape index (κ2) is 5.04. The van der Waals surface area contributed by atoms with Crippen LogP contribution in [0.2, 0.25) is 0 Å². The smallest absolute Gasteiger partial charge is 0.00390 e. The van der Waals surface area contributed by atoms with Gasteiger partial charge in [-0.05, 0) is 49.1 Å². The van der Waals surface area contributed by atoms with E-state index in [1.807, 2.05) is 0 Å². The minimum Gasteiger partial charge on any atom is -0.330 e. The van der Waals surface area contributed by atoms with Crippen molar-refractivity contribution in [1.29, 1.82) is 0 Å². The fourth-order valence-corrected chi connectivity index (χ4v) is 2.83. The summed E-state index contributed by atoms with van der Waals surface area (Å²) in [5.41, 5.74) is 5.58. The summed E-state index contributed by atoms with van der Waals surface area (Å²) in [5, 5.41) is 0. The normalized spacial score (nSPS) is 28.4. The molecule has 1 saturated heterocycles. The van der Waals surface area contributed by atoms with E-state index in [2.05, 4.69) is 18.7 Å². The van der Waals surface area contributed by atoms with Crippen LogP contribution in [0.3, 0.4) is 0 Å². The molecular formula is C9H19NS. The molecule has 0 spiro atoms. The summed E-state index contributed by atoms with van der Waals surface area (Å²) in [6.07, 6.45) is 4.22. The minimum absolute atomic E-state index is 0.735. The lowest BCUT2D eigenvalue weighted by Gasteiger charge is -2.23. The van der Waals surface area contributed by atoms with Gasteiger partial charge >= 0.3 is 0 Å². The first-order valence-electron chi connectivity index (χ1n) is 4.60. The molecule has 1 fully saturated rings. The maximum atomic E-state index is 5.58. The second-order valence-electron chi connectivity index (χ2n) is 3.66. The summed E-state index contributed by atoms with van der Waals surface area (Å²) >= 11 is 2.11. The van der Waals surface area contributed by atoms with Crippen molar-refractivity contribution < 1.29 is 0 Å². The van der Waals surface area contributed by atoms with Crippen LogP contribution in [-0.4, -0.2) is 18.1 Å². The molecule has 2 unspecified atom stereocenters. The van der Waals surface area contributed by atoms with Crippen LogP contribution in [0.4, 0.5) is 0 Å². The van der Waals surface area contributed by atoms with E-state index < -0.39 is 0 Å². The predicted molar refractivity (Wildman–Crippen MR) is 52.9 cm³/mol. The van der Waals surface area contributed by atoms with Gasteiger partial charge in [0.2, 0.25) is 0 Å². The molecule has 1 nitrogen and oxygen atoms in total. The van der Waals surface area contributed by atoms with Crippen molar-refractivity contribution in [3.8, 4) is 0 Å². The van der Waals surface area contributed by atoms with Crippen LogP contribution < -0.4 is 5.73 Å². The van der Waals surface area contributed by atoms with Crippen molar-refractivity contribution in [2.45, 2.75) is 26.2 Å². The Labute approximate surface area is 74.1 Å². The Balaban J connectivity index is 2.13. The largest absolute Gasteiger partial charge is 0.330 e. The van der Waals surface area contributed by atoms with Gasteiger partial charge in [0.25, 0.3) is 0 Å². The number of hydrogen-bond acceptors (Lipinski definition) is 2. The van der Waals surface area contributed by atoms with E-state index in [0.717, 1.165) is 18.4 Å². The van der Waals surface area contributed by atoms with E-state index in [0.29, 0.717) is 0 Å². The zero-order valence-electron chi connectivity index (χ0n) is 7.38. The minimum atomic E-state index is 0.735. The van der Waals surface area contributed by atoms with Gasteiger partial charge in [-0.1, -0.05) is 6.92 Å². The summed E-state index contributed by atoms with van der Waals surface area (Å²) in [5.74, 6) is 4.46. The molecule has 1 aliphatic rings. The van der Waals surface area contributed by atoms with Crippen LogP contribution in [0.5, 0.6) is 0 Å². The van der Waals surface area contributed by atoms with Crippen molar-refractivity contribution in [2.75, 3.05) is 18.1 Å². The molecule has 11 heavy (non-hydrogen) atoms. The first-order valence-corrected chi connectivity index (χ1v) is 5.76. The average molecular weight is 173 g/mol. The van der Waals surface area contributed by atoms with Crippen molar-refractivity contribution in [3.63, 3.8) is 0 Å². The molecular weight excluding hydrogens is 154 g/mol. The van der Waals surface area contributed by atoms with Gasteiger partial charge in [0, 0.05) is 0 Å². The summed E-state index contributed by atoms with van der Waals surface area (Å²) in [6, 6.07) is 0. The van der Waals surface area contributed by atoms with E-state index in [1.165, 1.54) is 30.8 Å². The lowest BCUT2D eigenvalue weighted by Crippen LogP contribution is -2.18. The van der Waals surface area contributed by atoms with E-state index in [1.54, 1.807) is 0 Å². The van der Waals surface area contributed by atoms with E-state index in [4.69, 9.17) is 5.73 Å². The summed E-state index contributed by atoms with van der Waals surface area (Å²) < 4.78 is 0. The van der Waals surface area contributed by atoms with Gasteiger partial charge in [-0.3, -0.25) is 0 Å². The molecule has 0 bridgehead atoms. The molecule has 0 aliphatic carbocycles. The highest BCUT2D eigenvalue weighted by Gasteiger charge is 2.15. The molecule has 1 rings (SSSR count). The van der Waals surface area contributed by atoms with Gasteiger partial charge in [0.15, 0.2) is 0 Å². The maximum Gasteiger partial charge on any atom is -0.00390 e. The number of nitrogens with two attached hydrogens (primary N) is 1. The SMILES string of the molecule is CC(CN)CC1CCCSC1. The highest BCUT2D eigenvalue weighted by molar-refractivity contribution is 7.99. The standard InChI is InChI=1S/C9H19NS/c1-8(6-10)5-9-3-2-4-11-7-9/h8-9H,2-7,10H2,1H3. The molecule has 1 heterocycles. The van der Waals surface area contributed by atoms with Gasteiger partial charge < -0.3 is 5.73 Å². The molecule has 0 saturated carbocycles. The lowest BCUT2D eigenvalue weighted by molar-refractivity contribution is 0.398. The Morgan fingerprint density at radius 2 is 2.45 bits per heavy atom. The highest BCUT2D eigenvalue weighted by atomic mass is 32.2. The van der Waals surface area contributed by atoms with Crippen LogP contribution in [0, 0.1) is 11.8 Å². The molecule has 0 aromatic carbocycles. The zero-order chi connectivity index (χ0) is 8.10. The Bertz CT molecular complexity index is 99.7. The second-order valence-corrected chi connectivity index (χ2v) is 4.81. The van der Waals surface area contributed by atoms with Crippen molar-refractivity contribution in [1.82, 2.24) is 0 Å². The Morgan fingerprint density at radius 3 is 3.00 bits per heavy atom. The third-order valence-electron chi connectivity index (χ3n) is 2.39. The zero-order valence-corrected chi connectivity index (χ0v) is 8.20. The van der Waals surface area contributed by atoms with E-state index in [9.17, 15) is 0 Å².